The zero-order valence-corrected chi connectivity index (χ0v) is 20.2. The molecule has 8 heteroatoms. The number of benzene rings is 2. The second kappa shape index (κ2) is 8.68. The molecule has 34 heavy (non-hydrogen) atoms. The van der Waals surface area contributed by atoms with Gasteiger partial charge in [0.25, 0.3) is 5.56 Å². The van der Waals surface area contributed by atoms with Gasteiger partial charge < -0.3 is 9.88 Å². The number of para-hydroxylation sites is 1. The largest absolute Gasteiger partial charge is 0.369 e. The van der Waals surface area contributed by atoms with Crippen LogP contribution in [0.4, 0.5) is 5.69 Å². The number of anilines is 1. The van der Waals surface area contributed by atoms with Crippen LogP contribution < -0.4 is 10.5 Å². The molecule has 3 heterocycles. The number of aromatic nitrogens is 5. The summed E-state index contributed by atoms with van der Waals surface area (Å²) in [5.41, 5.74) is 3.46. The van der Waals surface area contributed by atoms with Gasteiger partial charge >= 0.3 is 0 Å². The average Bonchev–Trinajstić information content (AvgIpc) is 3.31. The number of H-pyrrole nitrogens is 1. The molecular formula is C26H31N7O. The van der Waals surface area contributed by atoms with Crippen molar-refractivity contribution in [3.05, 3.63) is 81.9 Å². The molecule has 0 aliphatic carbocycles. The maximum Gasteiger partial charge on any atom is 0.253 e. The zero-order chi connectivity index (χ0) is 23.9. The van der Waals surface area contributed by atoms with Crippen LogP contribution in [0.1, 0.15) is 43.8 Å². The van der Waals surface area contributed by atoms with Gasteiger partial charge in [0.05, 0.1) is 5.54 Å². The number of hydrogen-bond donors (Lipinski definition) is 1. The first-order valence-electron chi connectivity index (χ1n) is 11.8. The minimum atomic E-state index is -0.346. The first-order valence-corrected chi connectivity index (χ1v) is 11.8. The summed E-state index contributed by atoms with van der Waals surface area (Å²) < 4.78 is 1.85. The number of nitrogens with one attached hydrogen (secondary N) is 1. The lowest BCUT2D eigenvalue weighted by Crippen LogP contribution is -2.49. The van der Waals surface area contributed by atoms with Crippen LogP contribution in [0.3, 0.4) is 0 Å². The maximum absolute atomic E-state index is 13.4. The van der Waals surface area contributed by atoms with Gasteiger partial charge in [0.15, 0.2) is 5.82 Å². The third kappa shape index (κ3) is 4.21. The lowest BCUT2D eigenvalue weighted by molar-refractivity contribution is 0.190. The van der Waals surface area contributed by atoms with Crippen LogP contribution in [0, 0.1) is 6.92 Å². The van der Waals surface area contributed by atoms with Crippen molar-refractivity contribution >= 4 is 16.6 Å². The molecular weight excluding hydrogens is 426 g/mol. The Morgan fingerprint density at radius 3 is 2.41 bits per heavy atom. The van der Waals surface area contributed by atoms with E-state index in [1.54, 1.807) is 0 Å². The molecule has 1 aliphatic rings. The monoisotopic (exact) mass is 457 g/mol. The van der Waals surface area contributed by atoms with E-state index in [0.717, 1.165) is 42.6 Å². The predicted octanol–water partition coefficient (Wildman–Crippen LogP) is 3.49. The van der Waals surface area contributed by atoms with E-state index in [2.05, 4.69) is 88.3 Å². The van der Waals surface area contributed by atoms with E-state index in [9.17, 15) is 4.79 Å². The Morgan fingerprint density at radius 1 is 0.971 bits per heavy atom. The van der Waals surface area contributed by atoms with Crippen LogP contribution in [-0.2, 0) is 5.54 Å². The van der Waals surface area contributed by atoms with Crippen molar-refractivity contribution in [3.63, 3.8) is 0 Å². The van der Waals surface area contributed by atoms with E-state index >= 15 is 0 Å². The summed E-state index contributed by atoms with van der Waals surface area (Å²) in [5, 5.41) is 13.8. The molecule has 8 nitrogen and oxygen atoms in total. The van der Waals surface area contributed by atoms with Crippen molar-refractivity contribution in [2.75, 3.05) is 31.1 Å². The van der Waals surface area contributed by atoms with Crippen molar-refractivity contribution in [1.82, 2.24) is 30.1 Å². The van der Waals surface area contributed by atoms with Gasteiger partial charge in [-0.2, -0.15) is 0 Å². The lowest BCUT2D eigenvalue weighted by atomic mass is 10.0. The van der Waals surface area contributed by atoms with Crippen LogP contribution in [0.5, 0.6) is 0 Å². The molecule has 1 saturated heterocycles. The van der Waals surface area contributed by atoms with Crippen LogP contribution in [0.2, 0.25) is 0 Å². The van der Waals surface area contributed by atoms with Crippen LogP contribution in [0.25, 0.3) is 10.9 Å². The minimum Gasteiger partial charge on any atom is -0.369 e. The van der Waals surface area contributed by atoms with E-state index < -0.39 is 0 Å². The minimum absolute atomic E-state index is 0.102. The number of aryl methyl sites for hydroxylation is 1. The normalized spacial score (nSPS) is 16.2. The molecule has 176 valence electrons. The number of fused-ring (bicyclic) bond motifs is 1. The highest BCUT2D eigenvalue weighted by molar-refractivity contribution is 5.79. The average molecular weight is 458 g/mol. The number of hydrogen-bond acceptors (Lipinski definition) is 6. The number of tetrazole rings is 1. The van der Waals surface area contributed by atoms with Crippen molar-refractivity contribution < 1.29 is 0 Å². The Bertz CT molecular complexity index is 1350. The van der Waals surface area contributed by atoms with Crippen LogP contribution in [-0.4, -0.2) is 56.3 Å². The molecule has 5 rings (SSSR count). The van der Waals surface area contributed by atoms with Gasteiger partial charge in [-0.3, -0.25) is 9.69 Å². The Morgan fingerprint density at radius 2 is 1.71 bits per heavy atom. The van der Waals surface area contributed by atoms with E-state index in [0.29, 0.717) is 11.4 Å². The van der Waals surface area contributed by atoms with Crippen LogP contribution in [0.15, 0.2) is 59.4 Å². The van der Waals surface area contributed by atoms with Gasteiger partial charge in [0, 0.05) is 42.9 Å². The number of aromatic amines is 1. The summed E-state index contributed by atoms with van der Waals surface area (Å²) in [5.74, 6) is 0.693. The number of pyridine rings is 1. The smallest absolute Gasteiger partial charge is 0.253 e. The zero-order valence-electron chi connectivity index (χ0n) is 20.2. The summed E-state index contributed by atoms with van der Waals surface area (Å²) in [6.07, 6.45) is 0. The van der Waals surface area contributed by atoms with Crippen molar-refractivity contribution in [1.29, 1.82) is 0 Å². The van der Waals surface area contributed by atoms with Gasteiger partial charge in [-0.15, -0.1) is 5.10 Å². The molecule has 2 aromatic carbocycles. The molecule has 0 saturated carbocycles. The van der Waals surface area contributed by atoms with Crippen molar-refractivity contribution in [2.24, 2.45) is 0 Å². The molecule has 1 unspecified atom stereocenters. The Balaban J connectivity index is 1.57. The molecule has 1 aliphatic heterocycles. The highest BCUT2D eigenvalue weighted by Gasteiger charge is 2.35. The number of rotatable bonds is 4. The molecule has 1 fully saturated rings. The summed E-state index contributed by atoms with van der Waals surface area (Å²) in [7, 11) is 0. The molecule has 1 N–H and O–H groups in total. The van der Waals surface area contributed by atoms with Gasteiger partial charge in [-0.05, 0) is 73.8 Å². The topological polar surface area (TPSA) is 82.9 Å². The van der Waals surface area contributed by atoms with E-state index in [1.165, 1.54) is 5.69 Å². The number of piperazine rings is 1. The Labute approximate surface area is 199 Å². The summed E-state index contributed by atoms with van der Waals surface area (Å²) >= 11 is 0. The molecule has 2 aromatic heterocycles. The fourth-order valence-corrected chi connectivity index (χ4v) is 4.76. The van der Waals surface area contributed by atoms with E-state index in [4.69, 9.17) is 0 Å². The number of nitrogens with zero attached hydrogens (tertiary/aromatic N) is 6. The standard InChI is InChI=1S/C26H31N7O/c1-18-10-11-22-19(16-18)17-21(25(34)27-22)23(24-28-29-30-33(24)26(2,3)4)32-14-12-31(13-15-32)20-8-6-5-7-9-20/h5-11,16-17,23H,12-15H2,1-4H3,(H,27,34). The molecule has 1 atom stereocenters. The lowest BCUT2D eigenvalue weighted by Gasteiger charge is -2.40. The van der Waals surface area contributed by atoms with Gasteiger partial charge in [0.2, 0.25) is 0 Å². The van der Waals surface area contributed by atoms with Crippen LogP contribution >= 0.6 is 0 Å². The third-order valence-electron chi connectivity index (χ3n) is 6.50. The van der Waals surface area contributed by atoms with Crippen molar-refractivity contribution in [2.45, 2.75) is 39.3 Å². The first-order chi connectivity index (χ1) is 16.3. The molecule has 0 amide bonds. The summed E-state index contributed by atoms with van der Waals surface area (Å²) in [4.78, 5) is 21.2. The maximum atomic E-state index is 13.4. The summed E-state index contributed by atoms with van der Waals surface area (Å²) in [6.45, 7) is 11.6. The second-order valence-electron chi connectivity index (χ2n) is 10.0. The Kier molecular flexibility index (Phi) is 5.69. The Hall–Kier alpha value is -3.52. The van der Waals surface area contributed by atoms with E-state index in [1.807, 2.05) is 28.9 Å². The molecule has 0 bridgehead atoms. The second-order valence-corrected chi connectivity index (χ2v) is 10.0. The molecule has 0 spiro atoms. The highest BCUT2D eigenvalue weighted by Crippen LogP contribution is 2.31. The van der Waals surface area contributed by atoms with Gasteiger partial charge in [-0.1, -0.05) is 29.8 Å². The molecule has 4 aromatic rings. The fourth-order valence-electron chi connectivity index (χ4n) is 4.76. The van der Waals surface area contributed by atoms with E-state index in [-0.39, 0.29) is 17.1 Å². The van der Waals surface area contributed by atoms with Gasteiger partial charge in [-0.25, -0.2) is 4.68 Å². The first kappa shape index (κ1) is 22.3. The molecule has 0 radical (unpaired) electrons. The summed E-state index contributed by atoms with van der Waals surface area (Å²) in [6, 6.07) is 18.2. The van der Waals surface area contributed by atoms with Gasteiger partial charge in [0.1, 0.15) is 6.04 Å². The fraction of sp³-hybridized carbons (Fsp3) is 0.385. The predicted molar refractivity (Wildman–Crippen MR) is 134 cm³/mol. The SMILES string of the molecule is Cc1ccc2[nH]c(=O)c(C(c3nnnn3C(C)(C)C)N3CCN(c4ccccc4)CC3)cc2c1. The third-order valence-corrected chi connectivity index (χ3v) is 6.50. The quantitative estimate of drug-likeness (QED) is 0.505. The highest BCUT2D eigenvalue weighted by atomic mass is 16.1. The van der Waals surface area contributed by atoms with Crippen molar-refractivity contribution in [3.8, 4) is 0 Å².